The van der Waals surface area contributed by atoms with Crippen LogP contribution in [0.2, 0.25) is 0 Å². The molecule has 3 N–H and O–H groups in total. The number of carboxylic acids is 1. The first-order valence-electron chi connectivity index (χ1n) is 4.78. The van der Waals surface area contributed by atoms with Crippen LogP contribution in [0.1, 0.15) is 24.1 Å². The van der Waals surface area contributed by atoms with Crippen molar-refractivity contribution in [3.05, 3.63) is 29.3 Å². The molecule has 0 radical (unpaired) electrons. The highest BCUT2D eigenvalue weighted by Gasteiger charge is 2.18. The van der Waals surface area contributed by atoms with Crippen molar-refractivity contribution >= 4 is 5.97 Å². The topological polar surface area (TPSA) is 72.5 Å². The van der Waals surface area contributed by atoms with Gasteiger partial charge in [0.15, 0.2) is 0 Å². The molecule has 1 aromatic rings. The van der Waals surface area contributed by atoms with Crippen molar-refractivity contribution in [2.45, 2.75) is 19.9 Å². The molecule has 1 unspecified atom stereocenters. The number of carbonyl (C=O) groups is 1. The summed E-state index contributed by atoms with van der Waals surface area (Å²) < 4.78 is 5.35. The second-order valence-corrected chi connectivity index (χ2v) is 3.29. The van der Waals surface area contributed by atoms with E-state index in [1.807, 2.05) is 19.9 Å². The molecule has 0 spiro atoms. The van der Waals surface area contributed by atoms with Gasteiger partial charge in [0.25, 0.3) is 0 Å². The minimum atomic E-state index is -1.06. The zero-order valence-electron chi connectivity index (χ0n) is 8.86. The van der Waals surface area contributed by atoms with E-state index in [2.05, 4.69) is 0 Å². The van der Waals surface area contributed by atoms with Crippen LogP contribution in [-0.2, 0) is 4.79 Å². The van der Waals surface area contributed by atoms with Crippen LogP contribution in [0.4, 0.5) is 0 Å². The Morgan fingerprint density at radius 3 is 2.80 bits per heavy atom. The lowest BCUT2D eigenvalue weighted by atomic mass is 10.0. The predicted octanol–water partition coefficient (Wildman–Crippen LogP) is 1.48. The third-order valence-electron chi connectivity index (χ3n) is 2.07. The van der Waals surface area contributed by atoms with E-state index in [1.165, 1.54) is 0 Å². The smallest absolute Gasteiger partial charge is 0.325 e. The molecule has 1 atom stereocenters. The van der Waals surface area contributed by atoms with Gasteiger partial charge in [-0.15, -0.1) is 0 Å². The molecule has 0 heterocycles. The van der Waals surface area contributed by atoms with Crippen molar-refractivity contribution < 1.29 is 14.6 Å². The summed E-state index contributed by atoms with van der Waals surface area (Å²) in [6, 6.07) is 4.27. The van der Waals surface area contributed by atoms with Crippen molar-refractivity contribution in [3.63, 3.8) is 0 Å². The fourth-order valence-electron chi connectivity index (χ4n) is 1.31. The van der Waals surface area contributed by atoms with Gasteiger partial charge in [0.1, 0.15) is 11.8 Å². The third kappa shape index (κ3) is 2.70. The van der Waals surface area contributed by atoms with Crippen LogP contribution < -0.4 is 10.5 Å². The molecule has 4 heteroatoms. The number of rotatable bonds is 4. The van der Waals surface area contributed by atoms with Gasteiger partial charge in [0.05, 0.1) is 6.61 Å². The molecule has 15 heavy (non-hydrogen) atoms. The van der Waals surface area contributed by atoms with Crippen molar-refractivity contribution in [1.82, 2.24) is 0 Å². The zero-order chi connectivity index (χ0) is 11.4. The van der Waals surface area contributed by atoms with Crippen molar-refractivity contribution in [3.8, 4) is 5.75 Å². The molecule has 0 amide bonds. The summed E-state index contributed by atoms with van der Waals surface area (Å²) in [5, 5.41) is 8.82. The van der Waals surface area contributed by atoms with E-state index in [9.17, 15) is 4.79 Å². The maximum Gasteiger partial charge on any atom is 0.325 e. The summed E-state index contributed by atoms with van der Waals surface area (Å²) in [5.41, 5.74) is 7.06. The summed E-state index contributed by atoms with van der Waals surface area (Å²) >= 11 is 0. The van der Waals surface area contributed by atoms with Crippen LogP contribution >= 0.6 is 0 Å². The number of aryl methyl sites for hydroxylation is 1. The van der Waals surface area contributed by atoms with Gasteiger partial charge in [0.2, 0.25) is 0 Å². The Kier molecular flexibility index (Phi) is 3.68. The van der Waals surface area contributed by atoms with Crippen molar-refractivity contribution in [2.75, 3.05) is 6.61 Å². The zero-order valence-corrected chi connectivity index (χ0v) is 8.86. The van der Waals surface area contributed by atoms with Crippen molar-refractivity contribution in [2.24, 2.45) is 5.73 Å². The van der Waals surface area contributed by atoms with E-state index in [1.54, 1.807) is 12.1 Å². The molecule has 0 aliphatic rings. The summed E-state index contributed by atoms with van der Waals surface area (Å²) in [4.78, 5) is 10.8. The molecular weight excluding hydrogens is 194 g/mol. The van der Waals surface area contributed by atoms with Gasteiger partial charge >= 0.3 is 5.97 Å². The first kappa shape index (κ1) is 11.5. The monoisotopic (exact) mass is 209 g/mol. The Labute approximate surface area is 88.7 Å². The minimum Gasteiger partial charge on any atom is -0.494 e. The second-order valence-electron chi connectivity index (χ2n) is 3.29. The van der Waals surface area contributed by atoms with E-state index < -0.39 is 12.0 Å². The molecule has 4 nitrogen and oxygen atoms in total. The number of hydrogen-bond donors (Lipinski definition) is 2. The SMILES string of the molecule is CCOc1cc(C)ccc1C(N)C(=O)O. The fourth-order valence-corrected chi connectivity index (χ4v) is 1.31. The van der Waals surface area contributed by atoms with Crippen molar-refractivity contribution in [1.29, 1.82) is 0 Å². The summed E-state index contributed by atoms with van der Waals surface area (Å²) in [6.07, 6.45) is 0. The lowest BCUT2D eigenvalue weighted by Gasteiger charge is -2.13. The van der Waals surface area contributed by atoms with Crippen LogP contribution in [0.5, 0.6) is 5.75 Å². The maximum absolute atomic E-state index is 10.8. The molecule has 0 saturated heterocycles. The Hall–Kier alpha value is -1.55. The van der Waals surface area contributed by atoms with Crippen LogP contribution in [0.25, 0.3) is 0 Å². The minimum absolute atomic E-state index is 0.489. The molecule has 82 valence electrons. The first-order valence-corrected chi connectivity index (χ1v) is 4.78. The number of benzene rings is 1. The highest BCUT2D eigenvalue weighted by molar-refractivity contribution is 5.76. The Bertz CT molecular complexity index is 363. The highest BCUT2D eigenvalue weighted by atomic mass is 16.5. The summed E-state index contributed by atoms with van der Waals surface area (Å²) in [7, 11) is 0. The predicted molar refractivity (Wildman–Crippen MR) is 56.9 cm³/mol. The molecular formula is C11H15NO3. The van der Waals surface area contributed by atoms with Crippen LogP contribution in [0, 0.1) is 6.92 Å². The van der Waals surface area contributed by atoms with E-state index >= 15 is 0 Å². The largest absolute Gasteiger partial charge is 0.494 e. The molecule has 0 aliphatic heterocycles. The van der Waals surface area contributed by atoms with E-state index in [0.717, 1.165) is 5.56 Å². The molecule has 1 aromatic carbocycles. The normalized spacial score (nSPS) is 12.2. The van der Waals surface area contributed by atoms with Crippen LogP contribution in [-0.4, -0.2) is 17.7 Å². The number of carboxylic acid groups (broad SMARTS) is 1. The third-order valence-corrected chi connectivity index (χ3v) is 2.07. The Morgan fingerprint density at radius 1 is 1.60 bits per heavy atom. The van der Waals surface area contributed by atoms with Gasteiger partial charge in [-0.05, 0) is 25.5 Å². The summed E-state index contributed by atoms with van der Waals surface area (Å²) in [6.45, 7) is 4.25. The van der Waals surface area contributed by atoms with E-state index in [4.69, 9.17) is 15.6 Å². The molecule has 0 aromatic heterocycles. The number of hydrogen-bond acceptors (Lipinski definition) is 3. The summed E-state index contributed by atoms with van der Waals surface area (Å²) in [5.74, 6) is -0.507. The standard InChI is InChI=1S/C11H15NO3/c1-3-15-9-6-7(2)4-5-8(9)10(12)11(13)14/h4-6,10H,3,12H2,1-2H3,(H,13,14). The van der Waals surface area contributed by atoms with Gasteiger partial charge < -0.3 is 15.6 Å². The number of ether oxygens (including phenoxy) is 1. The first-order chi connectivity index (χ1) is 7.06. The van der Waals surface area contributed by atoms with Gasteiger partial charge in [0, 0.05) is 5.56 Å². The second kappa shape index (κ2) is 4.79. The molecule has 1 rings (SSSR count). The lowest BCUT2D eigenvalue weighted by molar-refractivity contribution is -0.138. The lowest BCUT2D eigenvalue weighted by Crippen LogP contribution is -2.21. The van der Waals surface area contributed by atoms with Gasteiger partial charge in [-0.25, -0.2) is 0 Å². The maximum atomic E-state index is 10.8. The van der Waals surface area contributed by atoms with E-state index in [-0.39, 0.29) is 0 Å². The van der Waals surface area contributed by atoms with E-state index in [0.29, 0.717) is 17.9 Å². The number of nitrogens with two attached hydrogens (primary N) is 1. The van der Waals surface area contributed by atoms with Gasteiger partial charge in [-0.1, -0.05) is 12.1 Å². The highest BCUT2D eigenvalue weighted by Crippen LogP contribution is 2.25. The van der Waals surface area contributed by atoms with Gasteiger partial charge in [-0.3, -0.25) is 4.79 Å². The number of aliphatic carboxylic acids is 1. The average molecular weight is 209 g/mol. The Morgan fingerprint density at radius 2 is 2.27 bits per heavy atom. The fraction of sp³-hybridized carbons (Fsp3) is 0.364. The molecule has 0 aliphatic carbocycles. The van der Waals surface area contributed by atoms with Crippen LogP contribution in [0.15, 0.2) is 18.2 Å². The quantitative estimate of drug-likeness (QED) is 0.787. The average Bonchev–Trinajstić information content (AvgIpc) is 2.17. The molecule has 0 bridgehead atoms. The molecule has 0 saturated carbocycles. The van der Waals surface area contributed by atoms with Crippen LogP contribution in [0.3, 0.4) is 0 Å². The molecule has 0 fully saturated rings. The Balaban J connectivity index is 3.10. The van der Waals surface area contributed by atoms with Gasteiger partial charge in [-0.2, -0.15) is 0 Å².